The molecule has 0 N–H and O–H groups in total. The van der Waals surface area contributed by atoms with E-state index in [1.54, 1.807) is 29.5 Å². The monoisotopic (exact) mass is 791 g/mol. The van der Waals surface area contributed by atoms with Crippen LogP contribution in [0, 0.1) is 17.2 Å². The molecule has 53 heavy (non-hydrogen) atoms. The Bertz CT molecular complexity index is 2050. The lowest BCUT2D eigenvalue weighted by molar-refractivity contribution is -0.139. The first-order valence-corrected chi connectivity index (χ1v) is 23.8. The minimum Gasteiger partial charge on any atom is -0.365 e. The minimum atomic E-state index is -4.38. The molecule has 3 aliphatic rings. The predicted octanol–water partition coefficient (Wildman–Crippen LogP) is 6.27. The number of amides is 1. The Labute approximate surface area is 313 Å². The van der Waals surface area contributed by atoms with E-state index in [1.807, 2.05) is 19.9 Å². The molecule has 2 aromatic heterocycles. The van der Waals surface area contributed by atoms with E-state index in [1.165, 1.54) is 6.07 Å². The van der Waals surface area contributed by atoms with E-state index in [2.05, 4.69) is 35.9 Å². The number of nitriles is 1. The summed E-state index contributed by atoms with van der Waals surface area (Å²) in [5, 5.41) is 22.8. The fourth-order valence-corrected chi connectivity index (χ4v) is 9.67. The Morgan fingerprint density at radius 3 is 2.51 bits per heavy atom. The molecule has 1 aromatic carbocycles. The van der Waals surface area contributed by atoms with E-state index in [4.69, 9.17) is 19.3 Å². The molecule has 1 saturated carbocycles. The first-order valence-electron chi connectivity index (χ1n) is 17.8. The number of hydrogen-bond acceptors (Lipinski definition) is 11. The van der Waals surface area contributed by atoms with E-state index in [0.717, 1.165) is 15.9 Å². The van der Waals surface area contributed by atoms with E-state index >= 15 is 0 Å². The number of nitrogens with zero attached hydrogens (tertiary/aromatic N) is 7. The number of rotatable bonds is 14. The molecule has 1 saturated heterocycles. The molecule has 288 valence electrons. The molecule has 0 bridgehead atoms. The van der Waals surface area contributed by atoms with Gasteiger partial charge in [-0.25, -0.2) is 17.2 Å². The van der Waals surface area contributed by atoms with Crippen molar-refractivity contribution in [1.82, 2.24) is 29.2 Å². The average Bonchev–Trinajstić information content (AvgIpc) is 3.37. The molecule has 0 unspecified atom stereocenters. The SMILES string of the molecule is CC(C)C(=O)N1CC=C(c2cc(S(=O)(=O)N(COCC[Si](C)(C)C)C3(C#N)CC3)cc3c(-c4nnc(C(F)F)s4)nn(C[C@@H]4COC(C)(C)O4)c23)CC1. The van der Waals surface area contributed by atoms with Gasteiger partial charge in [-0.2, -0.15) is 14.7 Å². The van der Waals surface area contributed by atoms with Gasteiger partial charge < -0.3 is 19.1 Å². The van der Waals surface area contributed by atoms with Crippen LogP contribution in [-0.4, -0.2) is 102 Å². The number of hydrogen-bond donors (Lipinski definition) is 0. The number of benzene rings is 1. The molecule has 1 atom stereocenters. The average molecular weight is 792 g/mol. The Hall–Kier alpha value is -3.18. The summed E-state index contributed by atoms with van der Waals surface area (Å²) in [5.41, 5.74) is 0.833. The van der Waals surface area contributed by atoms with Crippen LogP contribution in [0.2, 0.25) is 25.7 Å². The second kappa shape index (κ2) is 14.8. The first-order chi connectivity index (χ1) is 24.8. The van der Waals surface area contributed by atoms with Gasteiger partial charge in [-0.15, -0.1) is 10.2 Å². The predicted molar refractivity (Wildman–Crippen MR) is 198 cm³/mol. The quantitative estimate of drug-likeness (QED) is 0.104. The molecule has 1 amide bonds. The van der Waals surface area contributed by atoms with E-state index in [-0.39, 0.29) is 47.3 Å². The second-order valence-corrected chi connectivity index (χ2v) is 24.4. The van der Waals surface area contributed by atoms with Crippen molar-refractivity contribution < 1.29 is 36.2 Å². The lowest BCUT2D eigenvalue weighted by Gasteiger charge is -2.29. The maximum Gasteiger partial charge on any atom is 0.291 e. The molecular weight excluding hydrogens is 745 g/mol. The van der Waals surface area contributed by atoms with Gasteiger partial charge in [0.05, 0.1) is 29.6 Å². The molecule has 2 fully saturated rings. The minimum absolute atomic E-state index is 0.0113. The van der Waals surface area contributed by atoms with Crippen LogP contribution in [0.3, 0.4) is 0 Å². The Morgan fingerprint density at radius 1 is 1.23 bits per heavy atom. The fraction of sp³-hybridized carbons (Fsp3) is 0.629. The van der Waals surface area contributed by atoms with Crippen LogP contribution in [-0.2, 0) is 35.6 Å². The zero-order valence-electron chi connectivity index (χ0n) is 31.2. The molecule has 3 aromatic rings. The van der Waals surface area contributed by atoms with Crippen molar-refractivity contribution in [2.45, 2.75) is 108 Å². The Balaban J connectivity index is 1.53. The van der Waals surface area contributed by atoms with Gasteiger partial charge in [0.1, 0.15) is 24.1 Å². The third-order valence-electron chi connectivity index (χ3n) is 9.65. The number of fused-ring (bicyclic) bond motifs is 1. The lowest BCUT2D eigenvalue weighted by atomic mass is 9.96. The summed E-state index contributed by atoms with van der Waals surface area (Å²) in [6.07, 6.45) is -0.204. The van der Waals surface area contributed by atoms with Gasteiger partial charge in [0, 0.05) is 44.6 Å². The summed E-state index contributed by atoms with van der Waals surface area (Å²) in [4.78, 5) is 14.5. The van der Waals surface area contributed by atoms with E-state index in [9.17, 15) is 27.3 Å². The van der Waals surface area contributed by atoms with Gasteiger partial charge in [0.15, 0.2) is 15.8 Å². The zero-order chi connectivity index (χ0) is 38.5. The van der Waals surface area contributed by atoms with Crippen molar-refractivity contribution >= 4 is 51.8 Å². The number of alkyl halides is 2. The molecule has 4 heterocycles. The molecule has 1 aliphatic carbocycles. The van der Waals surface area contributed by atoms with Crippen molar-refractivity contribution in [2.75, 3.05) is 33.0 Å². The molecule has 13 nitrogen and oxygen atoms in total. The summed E-state index contributed by atoms with van der Waals surface area (Å²) >= 11 is 0.683. The molecule has 2 aliphatic heterocycles. The van der Waals surface area contributed by atoms with Crippen LogP contribution in [0.1, 0.15) is 64.0 Å². The molecule has 0 spiro atoms. The van der Waals surface area contributed by atoms with Crippen LogP contribution in [0.4, 0.5) is 8.78 Å². The van der Waals surface area contributed by atoms with Gasteiger partial charge >= 0.3 is 0 Å². The van der Waals surface area contributed by atoms with Crippen LogP contribution in [0.15, 0.2) is 23.1 Å². The third kappa shape index (κ3) is 8.41. The summed E-state index contributed by atoms with van der Waals surface area (Å²) in [6, 6.07) is 6.11. The number of halogens is 2. The van der Waals surface area contributed by atoms with E-state index in [0.29, 0.717) is 66.8 Å². The number of ether oxygens (including phenoxy) is 3. The number of carbonyl (C=O) groups is 1. The van der Waals surface area contributed by atoms with Crippen molar-refractivity contribution in [1.29, 1.82) is 5.26 Å². The lowest BCUT2D eigenvalue weighted by Crippen LogP contribution is -2.43. The van der Waals surface area contributed by atoms with Gasteiger partial charge in [0.2, 0.25) is 15.9 Å². The highest BCUT2D eigenvalue weighted by Gasteiger charge is 2.54. The van der Waals surface area contributed by atoms with Crippen molar-refractivity contribution in [3.8, 4) is 16.8 Å². The molecular formula is C35H47F2N7O6S2Si. The maximum atomic E-state index is 14.8. The highest BCUT2D eigenvalue weighted by Crippen LogP contribution is 2.46. The van der Waals surface area contributed by atoms with Gasteiger partial charge in [0.25, 0.3) is 6.43 Å². The van der Waals surface area contributed by atoms with Crippen LogP contribution in [0.25, 0.3) is 27.2 Å². The maximum absolute atomic E-state index is 14.8. The van der Waals surface area contributed by atoms with Crippen molar-refractivity contribution in [2.24, 2.45) is 5.92 Å². The highest BCUT2D eigenvalue weighted by molar-refractivity contribution is 7.89. The Morgan fingerprint density at radius 2 is 1.96 bits per heavy atom. The van der Waals surface area contributed by atoms with Crippen LogP contribution in [0.5, 0.6) is 0 Å². The number of carbonyl (C=O) groups excluding carboxylic acids is 1. The topological polar surface area (TPSA) is 153 Å². The molecule has 6 rings (SSSR count). The number of sulfonamides is 1. The Kier molecular flexibility index (Phi) is 11.0. The standard InChI is InChI=1S/C35H47F2N7O6S2Si/c1-22(2)33(45)42-12-8-23(9-13-42)26-16-25(52(46,47)44(35(20-38)10-11-35)21-48-14-15-53(5,6)7)17-27-28(31-39-40-32(51-31)30(36)37)41-43(29(26)27)18-24-19-49-34(3,4)50-24/h8,16-17,22,24,30H,9-15,18-19,21H2,1-7H3/t24-/m1/s1. The first kappa shape index (κ1) is 39.5. The second-order valence-electron chi connectivity index (χ2n) is 15.9. The van der Waals surface area contributed by atoms with E-state index < -0.39 is 47.0 Å². The van der Waals surface area contributed by atoms with Crippen molar-refractivity contribution in [3.63, 3.8) is 0 Å². The van der Waals surface area contributed by atoms with Crippen molar-refractivity contribution in [3.05, 3.63) is 28.8 Å². The van der Waals surface area contributed by atoms with Crippen LogP contribution < -0.4 is 0 Å². The van der Waals surface area contributed by atoms with Gasteiger partial charge in [-0.05, 0) is 56.9 Å². The van der Waals surface area contributed by atoms with Gasteiger partial charge in [-0.1, -0.05) is 50.9 Å². The molecule has 18 heteroatoms. The summed E-state index contributed by atoms with van der Waals surface area (Å²) in [6.45, 7) is 15.2. The fourth-order valence-electron chi connectivity index (χ4n) is 6.53. The normalized spacial score (nSPS) is 20.1. The highest BCUT2D eigenvalue weighted by atomic mass is 32.2. The van der Waals surface area contributed by atoms with Crippen LogP contribution >= 0.6 is 11.3 Å². The summed E-state index contributed by atoms with van der Waals surface area (Å²) in [5.74, 6) is -1.01. The zero-order valence-corrected chi connectivity index (χ0v) is 33.8. The van der Waals surface area contributed by atoms with Gasteiger partial charge in [-0.3, -0.25) is 9.48 Å². The summed E-state index contributed by atoms with van der Waals surface area (Å²) < 4.78 is 77.9. The number of aromatic nitrogens is 4. The summed E-state index contributed by atoms with van der Waals surface area (Å²) in [7, 11) is -5.87. The molecule has 0 radical (unpaired) electrons. The smallest absolute Gasteiger partial charge is 0.291 e. The largest absolute Gasteiger partial charge is 0.365 e. The third-order valence-corrected chi connectivity index (χ3v) is 14.2.